The Balaban J connectivity index is 0.00000441. The molecule has 0 radical (unpaired) electrons. The lowest BCUT2D eigenvalue weighted by Gasteiger charge is -2.22. The summed E-state index contributed by atoms with van der Waals surface area (Å²) in [5.74, 6) is 0.874. The van der Waals surface area contributed by atoms with Crippen molar-refractivity contribution in [3.63, 3.8) is 0 Å². The molecule has 0 aliphatic rings. The Morgan fingerprint density at radius 2 is 1.52 bits per heavy atom. The molecule has 9 nitrogen and oxygen atoms in total. The van der Waals surface area contributed by atoms with E-state index < -0.39 is 10.0 Å². The van der Waals surface area contributed by atoms with Gasteiger partial charge in [0.15, 0.2) is 16.6 Å². The fraction of sp³-hybridized carbons (Fsp3) is 0.286. The highest BCUT2D eigenvalue weighted by Crippen LogP contribution is 2.37. The molecule has 0 N–H and O–H groups in total. The molecule has 0 aliphatic carbocycles. The molecular weight excluding hydrogens is 572 g/mol. The zero-order valence-corrected chi connectivity index (χ0v) is 25.5. The monoisotopic (exact) mass is 604 g/mol. The largest absolute Gasteiger partial charge is 0.493 e. The SMILES string of the molecule is COc1cc2nc(N(CCN(C)C)C(=O)c3ccc(S(=O)(=O)N(C)Cc4ccccc4)cc3)sc2cc1OC.Cl. The number of likely N-dealkylation sites (N-methyl/N-ethyl adjacent to an activating group) is 1. The summed E-state index contributed by atoms with van der Waals surface area (Å²) in [6, 6.07) is 19.1. The van der Waals surface area contributed by atoms with Gasteiger partial charge in [-0.2, -0.15) is 4.31 Å². The van der Waals surface area contributed by atoms with Gasteiger partial charge >= 0.3 is 0 Å². The lowest BCUT2D eigenvalue weighted by atomic mass is 10.2. The van der Waals surface area contributed by atoms with Crippen LogP contribution in [0.3, 0.4) is 0 Å². The van der Waals surface area contributed by atoms with Crippen LogP contribution in [0.25, 0.3) is 10.2 Å². The quantitative estimate of drug-likeness (QED) is 0.244. The number of thiazole rings is 1. The number of halogens is 1. The number of methoxy groups -OCH3 is 2. The molecule has 1 amide bonds. The van der Waals surface area contributed by atoms with Gasteiger partial charge in [-0.25, -0.2) is 13.4 Å². The third-order valence-corrected chi connectivity index (χ3v) is 9.05. The van der Waals surface area contributed by atoms with Gasteiger partial charge in [-0.15, -0.1) is 12.4 Å². The van der Waals surface area contributed by atoms with Crippen molar-refractivity contribution >= 4 is 55.0 Å². The van der Waals surface area contributed by atoms with Crippen molar-refractivity contribution in [3.05, 3.63) is 77.9 Å². The van der Waals surface area contributed by atoms with Crippen molar-refractivity contribution in [3.8, 4) is 11.5 Å². The molecule has 0 aliphatic heterocycles. The van der Waals surface area contributed by atoms with E-state index in [2.05, 4.69) is 0 Å². The number of carbonyl (C=O) groups excluding carboxylic acids is 1. The minimum Gasteiger partial charge on any atom is -0.493 e. The van der Waals surface area contributed by atoms with Crippen LogP contribution < -0.4 is 14.4 Å². The van der Waals surface area contributed by atoms with Gasteiger partial charge in [0, 0.05) is 44.4 Å². The van der Waals surface area contributed by atoms with Crippen LogP contribution in [0.1, 0.15) is 15.9 Å². The van der Waals surface area contributed by atoms with Crippen LogP contribution in [0.15, 0.2) is 71.6 Å². The maximum absolute atomic E-state index is 13.7. The molecule has 0 spiro atoms. The first-order valence-electron chi connectivity index (χ1n) is 12.2. The van der Waals surface area contributed by atoms with Crippen LogP contribution in [-0.4, -0.2) is 77.0 Å². The summed E-state index contributed by atoms with van der Waals surface area (Å²) in [7, 11) is 4.81. The number of amides is 1. The van der Waals surface area contributed by atoms with Crippen molar-refractivity contribution < 1.29 is 22.7 Å². The molecule has 0 unspecified atom stereocenters. The fourth-order valence-corrected chi connectivity index (χ4v) is 6.13. The highest BCUT2D eigenvalue weighted by Gasteiger charge is 2.25. The smallest absolute Gasteiger partial charge is 0.260 e. The van der Waals surface area contributed by atoms with Gasteiger partial charge in [0.25, 0.3) is 5.91 Å². The zero-order valence-electron chi connectivity index (χ0n) is 23.0. The summed E-state index contributed by atoms with van der Waals surface area (Å²) >= 11 is 1.38. The molecule has 0 fully saturated rings. The average Bonchev–Trinajstić information content (AvgIpc) is 3.35. The maximum atomic E-state index is 13.7. The van der Waals surface area contributed by atoms with E-state index in [4.69, 9.17) is 14.5 Å². The molecule has 1 aromatic heterocycles. The summed E-state index contributed by atoms with van der Waals surface area (Å²) < 4.78 is 39.3. The van der Waals surface area contributed by atoms with Gasteiger partial charge in [0.2, 0.25) is 10.0 Å². The maximum Gasteiger partial charge on any atom is 0.260 e. The van der Waals surface area contributed by atoms with Crippen LogP contribution in [0.2, 0.25) is 0 Å². The molecule has 0 saturated heterocycles. The molecule has 214 valence electrons. The Bertz CT molecular complexity index is 1500. The van der Waals surface area contributed by atoms with E-state index in [1.165, 1.54) is 27.8 Å². The minimum atomic E-state index is -3.74. The van der Waals surface area contributed by atoms with E-state index >= 15 is 0 Å². The zero-order chi connectivity index (χ0) is 28.2. The van der Waals surface area contributed by atoms with E-state index in [-0.39, 0.29) is 29.8 Å². The Morgan fingerprint density at radius 3 is 2.12 bits per heavy atom. The predicted molar refractivity (Wildman–Crippen MR) is 162 cm³/mol. The number of nitrogens with zero attached hydrogens (tertiary/aromatic N) is 4. The second-order valence-corrected chi connectivity index (χ2v) is 12.3. The van der Waals surface area contributed by atoms with Crippen molar-refractivity contribution in [2.75, 3.05) is 53.4 Å². The molecule has 0 saturated carbocycles. The normalized spacial score (nSPS) is 11.5. The van der Waals surface area contributed by atoms with Crippen molar-refractivity contribution in [1.82, 2.24) is 14.2 Å². The van der Waals surface area contributed by atoms with E-state index in [0.29, 0.717) is 40.8 Å². The summed E-state index contributed by atoms with van der Waals surface area (Å²) in [5.41, 5.74) is 1.95. The number of anilines is 1. The van der Waals surface area contributed by atoms with E-state index in [1.54, 1.807) is 44.4 Å². The molecule has 4 rings (SSSR count). The molecule has 0 atom stereocenters. The summed E-state index contributed by atoms with van der Waals surface area (Å²) in [6.07, 6.45) is 0. The Kier molecular flexibility index (Phi) is 10.5. The topological polar surface area (TPSA) is 92.3 Å². The average molecular weight is 605 g/mol. The number of fused-ring (bicyclic) bond motifs is 1. The first-order chi connectivity index (χ1) is 18.6. The lowest BCUT2D eigenvalue weighted by Crippen LogP contribution is -2.36. The van der Waals surface area contributed by atoms with Gasteiger partial charge in [-0.05, 0) is 43.9 Å². The number of hydrogen-bond donors (Lipinski definition) is 0. The highest BCUT2D eigenvalue weighted by atomic mass is 35.5. The fourth-order valence-electron chi connectivity index (χ4n) is 3.97. The summed E-state index contributed by atoms with van der Waals surface area (Å²) in [6.45, 7) is 1.26. The van der Waals surface area contributed by atoms with Gasteiger partial charge in [-0.3, -0.25) is 9.69 Å². The number of hydrogen-bond acceptors (Lipinski definition) is 8. The van der Waals surface area contributed by atoms with E-state index in [9.17, 15) is 13.2 Å². The number of sulfonamides is 1. The van der Waals surface area contributed by atoms with Crippen molar-refractivity contribution in [1.29, 1.82) is 0 Å². The number of ether oxygens (including phenoxy) is 2. The highest BCUT2D eigenvalue weighted by molar-refractivity contribution is 7.89. The Morgan fingerprint density at radius 1 is 0.900 bits per heavy atom. The molecule has 3 aromatic carbocycles. The van der Waals surface area contributed by atoms with Crippen LogP contribution >= 0.6 is 23.7 Å². The molecule has 40 heavy (non-hydrogen) atoms. The van der Waals surface area contributed by atoms with Gasteiger partial charge < -0.3 is 14.4 Å². The third-order valence-electron chi connectivity index (χ3n) is 6.19. The predicted octanol–water partition coefficient (Wildman–Crippen LogP) is 4.76. The van der Waals surface area contributed by atoms with Gasteiger partial charge in [0.1, 0.15) is 0 Å². The first kappa shape index (κ1) is 31.3. The second-order valence-electron chi connectivity index (χ2n) is 9.20. The molecule has 4 aromatic rings. The Hall–Kier alpha value is -3.22. The first-order valence-corrected chi connectivity index (χ1v) is 14.5. The van der Waals surface area contributed by atoms with E-state index in [0.717, 1.165) is 10.3 Å². The molecule has 0 bridgehead atoms. The number of carbonyl (C=O) groups is 1. The lowest BCUT2D eigenvalue weighted by molar-refractivity contribution is 0.0985. The molecule has 12 heteroatoms. The summed E-state index contributed by atoms with van der Waals surface area (Å²) in [5, 5.41) is 0.534. The van der Waals surface area contributed by atoms with Crippen LogP contribution in [0.5, 0.6) is 11.5 Å². The molecule has 1 heterocycles. The second kappa shape index (κ2) is 13.4. The van der Waals surface area contributed by atoms with Crippen molar-refractivity contribution in [2.24, 2.45) is 0 Å². The van der Waals surface area contributed by atoms with Crippen molar-refractivity contribution in [2.45, 2.75) is 11.4 Å². The summed E-state index contributed by atoms with van der Waals surface area (Å²) in [4.78, 5) is 22.1. The third kappa shape index (κ3) is 6.91. The van der Waals surface area contributed by atoms with Gasteiger partial charge in [0.05, 0.1) is 29.3 Å². The molecular formula is C28H33ClN4O5S2. The number of rotatable bonds is 11. The van der Waals surface area contributed by atoms with Gasteiger partial charge in [-0.1, -0.05) is 41.7 Å². The minimum absolute atomic E-state index is 0. The standard InChI is InChI=1S/C28H32N4O5S2.ClH/c1-30(2)15-16-32(28-29-23-17-24(36-4)25(37-5)18-26(23)38-28)27(33)21-11-13-22(14-12-21)39(34,35)31(3)19-20-9-7-6-8-10-20;/h6-14,17-18H,15-16,19H2,1-5H3;1H. The number of benzene rings is 3. The van der Waals surface area contributed by atoms with E-state index in [1.807, 2.05) is 55.4 Å². The van der Waals surface area contributed by atoms with Crippen LogP contribution in [0.4, 0.5) is 5.13 Å². The number of aromatic nitrogens is 1. The van der Waals surface area contributed by atoms with Crippen LogP contribution in [0, 0.1) is 0 Å². The van der Waals surface area contributed by atoms with Crippen LogP contribution in [-0.2, 0) is 16.6 Å². The Labute approximate surface area is 245 Å².